The molecular weight excluding hydrogens is 370 g/mol. The summed E-state index contributed by atoms with van der Waals surface area (Å²) in [4.78, 5) is 7.09. The molecule has 0 radical (unpaired) electrons. The number of hydrogen-bond donors (Lipinski definition) is 1. The van der Waals surface area contributed by atoms with Crippen molar-refractivity contribution >= 4 is 22.3 Å². The number of hydrogen-bond acceptors (Lipinski definition) is 4. The van der Waals surface area contributed by atoms with Crippen LogP contribution in [-0.2, 0) is 11.3 Å². The van der Waals surface area contributed by atoms with Crippen LogP contribution in [0.1, 0.15) is 17.2 Å². The van der Waals surface area contributed by atoms with Crippen LogP contribution in [0.5, 0.6) is 0 Å². The lowest BCUT2D eigenvalue weighted by Crippen LogP contribution is -2.37. The number of nitrogens with one attached hydrogen (secondary N) is 1. The summed E-state index contributed by atoms with van der Waals surface area (Å²) in [6.45, 7) is 3.49. The zero-order valence-corrected chi connectivity index (χ0v) is 16.9. The molecule has 4 nitrogen and oxygen atoms in total. The van der Waals surface area contributed by atoms with Crippen LogP contribution < -0.4 is 5.32 Å². The van der Waals surface area contributed by atoms with Gasteiger partial charge in [0.25, 0.3) is 0 Å². The van der Waals surface area contributed by atoms with Crippen LogP contribution in [0.2, 0.25) is 0 Å². The molecule has 0 aliphatic carbocycles. The highest BCUT2D eigenvalue weighted by atomic mass is 16.5. The quantitative estimate of drug-likeness (QED) is 0.481. The molecule has 1 aromatic heterocycles. The molecule has 1 N–H and O–H groups in total. The summed E-state index contributed by atoms with van der Waals surface area (Å²) in [6.07, 6.45) is 2.11. The number of ether oxygens (including phenoxy) is 1. The summed E-state index contributed by atoms with van der Waals surface area (Å²) in [5, 5.41) is 5.88. The fraction of sp³-hybridized carbons (Fsp3) is 0.192. The Morgan fingerprint density at radius 2 is 1.73 bits per heavy atom. The number of anilines is 2. The van der Waals surface area contributed by atoms with Crippen molar-refractivity contribution in [3.05, 3.63) is 102 Å². The van der Waals surface area contributed by atoms with E-state index in [0.29, 0.717) is 0 Å². The molecule has 5 rings (SSSR count). The number of rotatable bonds is 5. The van der Waals surface area contributed by atoms with E-state index in [9.17, 15) is 0 Å². The number of fused-ring (bicyclic) bond motifs is 1. The second-order valence-electron chi connectivity index (χ2n) is 7.71. The van der Waals surface area contributed by atoms with E-state index in [1.54, 1.807) is 0 Å². The number of aromatic nitrogens is 1. The van der Waals surface area contributed by atoms with Crippen molar-refractivity contribution in [3.63, 3.8) is 0 Å². The Morgan fingerprint density at radius 3 is 2.60 bits per heavy atom. The van der Waals surface area contributed by atoms with Gasteiger partial charge in [0.05, 0.1) is 12.7 Å². The molecule has 30 heavy (non-hydrogen) atoms. The molecule has 0 bridgehead atoms. The molecule has 4 aromatic rings. The van der Waals surface area contributed by atoms with Gasteiger partial charge in [-0.3, -0.25) is 4.90 Å². The lowest BCUT2D eigenvalue weighted by Gasteiger charge is -2.33. The van der Waals surface area contributed by atoms with E-state index in [2.05, 4.69) is 94.1 Å². The molecule has 1 atom stereocenters. The van der Waals surface area contributed by atoms with E-state index in [-0.39, 0.29) is 6.10 Å². The molecular formula is C26H25N3O. The standard InChI is InChI=1S/C26H25N3O/c1-2-8-22(9-3-1)25-19-29(15-16-30-25)18-20-13-14-26(27-17-20)28-24-12-6-10-21-7-4-5-11-23(21)24/h1-14,17,25H,15-16,18-19H2,(H,27,28)/t25-/m1/s1. The number of pyridine rings is 1. The predicted octanol–water partition coefficient (Wildman–Crippen LogP) is 5.55. The van der Waals surface area contributed by atoms with Gasteiger partial charge < -0.3 is 10.1 Å². The van der Waals surface area contributed by atoms with Gasteiger partial charge in [-0.25, -0.2) is 4.98 Å². The van der Waals surface area contributed by atoms with Crippen LogP contribution in [0.25, 0.3) is 10.8 Å². The second kappa shape index (κ2) is 8.66. The first-order chi connectivity index (χ1) is 14.8. The van der Waals surface area contributed by atoms with Crippen LogP contribution in [0.3, 0.4) is 0 Å². The van der Waals surface area contributed by atoms with Crippen molar-refractivity contribution in [3.8, 4) is 0 Å². The Morgan fingerprint density at radius 1 is 0.900 bits per heavy atom. The smallest absolute Gasteiger partial charge is 0.130 e. The highest BCUT2D eigenvalue weighted by Gasteiger charge is 2.21. The van der Waals surface area contributed by atoms with E-state index in [4.69, 9.17) is 4.74 Å². The van der Waals surface area contributed by atoms with Crippen molar-refractivity contribution < 1.29 is 4.74 Å². The molecule has 150 valence electrons. The van der Waals surface area contributed by atoms with E-state index < -0.39 is 0 Å². The summed E-state index contributed by atoms with van der Waals surface area (Å²) < 4.78 is 5.99. The number of morpholine rings is 1. The third-order valence-electron chi connectivity index (χ3n) is 5.61. The highest BCUT2D eigenvalue weighted by molar-refractivity contribution is 5.95. The first kappa shape index (κ1) is 18.8. The molecule has 0 spiro atoms. The highest BCUT2D eigenvalue weighted by Crippen LogP contribution is 2.26. The molecule has 1 saturated heterocycles. The zero-order chi connectivity index (χ0) is 20.2. The third-order valence-corrected chi connectivity index (χ3v) is 5.61. The number of benzene rings is 3. The van der Waals surface area contributed by atoms with Crippen LogP contribution in [0, 0.1) is 0 Å². The maximum Gasteiger partial charge on any atom is 0.130 e. The summed E-state index contributed by atoms with van der Waals surface area (Å²) in [7, 11) is 0. The first-order valence-corrected chi connectivity index (χ1v) is 10.4. The average Bonchev–Trinajstić information content (AvgIpc) is 2.81. The van der Waals surface area contributed by atoms with Crippen LogP contribution in [-0.4, -0.2) is 29.6 Å². The minimum absolute atomic E-state index is 0.139. The van der Waals surface area contributed by atoms with Crippen LogP contribution >= 0.6 is 0 Å². The van der Waals surface area contributed by atoms with E-state index in [1.165, 1.54) is 21.9 Å². The zero-order valence-electron chi connectivity index (χ0n) is 16.9. The number of nitrogens with zero attached hydrogens (tertiary/aromatic N) is 2. The van der Waals surface area contributed by atoms with Gasteiger partial charge >= 0.3 is 0 Å². The van der Waals surface area contributed by atoms with Crippen molar-refractivity contribution in [2.45, 2.75) is 12.6 Å². The lowest BCUT2D eigenvalue weighted by atomic mass is 10.1. The third kappa shape index (κ3) is 4.20. The molecule has 1 aliphatic heterocycles. The fourth-order valence-corrected chi connectivity index (χ4v) is 4.04. The topological polar surface area (TPSA) is 37.4 Å². The van der Waals surface area contributed by atoms with Crippen LogP contribution in [0.4, 0.5) is 11.5 Å². The molecule has 4 heteroatoms. The van der Waals surface area contributed by atoms with Gasteiger partial charge in [0.1, 0.15) is 5.82 Å². The SMILES string of the molecule is c1ccc([C@H]2CN(Cc3ccc(Nc4cccc5ccccc45)nc3)CCO2)cc1. The molecule has 0 amide bonds. The summed E-state index contributed by atoms with van der Waals surface area (Å²) in [5.74, 6) is 0.860. The maximum atomic E-state index is 5.99. The van der Waals surface area contributed by atoms with Gasteiger partial charge in [0.2, 0.25) is 0 Å². The lowest BCUT2D eigenvalue weighted by molar-refractivity contribution is -0.0329. The average molecular weight is 396 g/mol. The van der Waals surface area contributed by atoms with Crippen molar-refractivity contribution in [1.82, 2.24) is 9.88 Å². The van der Waals surface area contributed by atoms with Crippen LogP contribution in [0.15, 0.2) is 91.1 Å². The fourth-order valence-electron chi connectivity index (χ4n) is 4.04. The van der Waals surface area contributed by atoms with Gasteiger partial charge in [-0.15, -0.1) is 0 Å². The summed E-state index contributed by atoms with van der Waals surface area (Å²) >= 11 is 0. The first-order valence-electron chi connectivity index (χ1n) is 10.4. The molecule has 1 fully saturated rings. The Labute approximate surface area is 177 Å². The Hall–Kier alpha value is -3.21. The van der Waals surface area contributed by atoms with E-state index >= 15 is 0 Å². The summed E-state index contributed by atoms with van der Waals surface area (Å²) in [6, 6.07) is 29.4. The molecule has 1 aliphatic rings. The normalized spacial score (nSPS) is 17.1. The van der Waals surface area contributed by atoms with E-state index in [1.807, 2.05) is 12.3 Å². The van der Waals surface area contributed by atoms with E-state index in [0.717, 1.165) is 37.7 Å². The Kier molecular flexibility index (Phi) is 5.42. The Bertz CT molecular complexity index is 1110. The van der Waals surface area contributed by atoms with Gasteiger partial charge in [-0.05, 0) is 28.6 Å². The van der Waals surface area contributed by atoms with Gasteiger partial charge in [0, 0.05) is 36.9 Å². The molecule has 3 aromatic carbocycles. The maximum absolute atomic E-state index is 5.99. The molecule has 0 unspecified atom stereocenters. The predicted molar refractivity (Wildman–Crippen MR) is 122 cm³/mol. The minimum Gasteiger partial charge on any atom is -0.371 e. The van der Waals surface area contributed by atoms with Gasteiger partial charge in [-0.2, -0.15) is 0 Å². The van der Waals surface area contributed by atoms with Crippen molar-refractivity contribution in [2.24, 2.45) is 0 Å². The largest absolute Gasteiger partial charge is 0.371 e. The van der Waals surface area contributed by atoms with Crippen molar-refractivity contribution in [2.75, 3.05) is 25.0 Å². The monoisotopic (exact) mass is 395 g/mol. The minimum atomic E-state index is 0.139. The summed E-state index contributed by atoms with van der Waals surface area (Å²) in [5.41, 5.74) is 3.54. The molecule has 0 saturated carbocycles. The second-order valence-corrected chi connectivity index (χ2v) is 7.71. The van der Waals surface area contributed by atoms with Crippen molar-refractivity contribution in [1.29, 1.82) is 0 Å². The van der Waals surface area contributed by atoms with Gasteiger partial charge in [0.15, 0.2) is 0 Å². The Balaban J connectivity index is 1.25. The van der Waals surface area contributed by atoms with Gasteiger partial charge in [-0.1, -0.05) is 72.8 Å². The molecule has 2 heterocycles.